The Kier molecular flexibility index (Phi) is 6.55. The van der Waals surface area contributed by atoms with Gasteiger partial charge in [0.2, 0.25) is 5.79 Å². The van der Waals surface area contributed by atoms with Crippen LogP contribution < -0.4 is 0 Å². The van der Waals surface area contributed by atoms with Crippen LogP contribution in [0.4, 0.5) is 0 Å². The van der Waals surface area contributed by atoms with E-state index in [4.69, 9.17) is 9.47 Å². The molecule has 0 saturated heterocycles. The fourth-order valence-electron chi connectivity index (χ4n) is 4.44. The van der Waals surface area contributed by atoms with E-state index < -0.39 is 5.79 Å². The molecule has 0 aliphatic carbocycles. The van der Waals surface area contributed by atoms with Gasteiger partial charge in [-0.1, -0.05) is 45.4 Å². The van der Waals surface area contributed by atoms with Gasteiger partial charge in [-0.3, -0.25) is 4.79 Å². The second-order valence-corrected chi connectivity index (χ2v) is 8.19. The predicted octanol–water partition coefficient (Wildman–Crippen LogP) is 5.97. The summed E-state index contributed by atoms with van der Waals surface area (Å²) in [6.07, 6.45) is 7.02. The van der Waals surface area contributed by atoms with Gasteiger partial charge in [-0.15, -0.1) is 0 Å². The summed E-state index contributed by atoms with van der Waals surface area (Å²) in [5.41, 5.74) is 3.47. The van der Waals surface area contributed by atoms with E-state index in [1.54, 1.807) is 0 Å². The maximum Gasteiger partial charge on any atom is 0.232 e. The first kappa shape index (κ1) is 21.0. The van der Waals surface area contributed by atoms with Gasteiger partial charge in [0.15, 0.2) is 0 Å². The van der Waals surface area contributed by atoms with Gasteiger partial charge in [-0.05, 0) is 51.7 Å². The minimum Gasteiger partial charge on any atom is -0.462 e. The molecule has 0 radical (unpaired) electrons. The largest absolute Gasteiger partial charge is 0.462 e. The van der Waals surface area contributed by atoms with Crippen molar-refractivity contribution in [2.24, 2.45) is 17.8 Å². The van der Waals surface area contributed by atoms with Crippen molar-refractivity contribution < 1.29 is 14.3 Å². The number of hydrogen-bond donors (Lipinski definition) is 0. The lowest BCUT2D eigenvalue weighted by atomic mass is 9.82. The van der Waals surface area contributed by atoms with E-state index in [-0.39, 0.29) is 23.7 Å². The normalized spacial score (nSPS) is 31.2. The van der Waals surface area contributed by atoms with Crippen molar-refractivity contribution in [3.63, 3.8) is 0 Å². The van der Waals surface area contributed by atoms with Crippen molar-refractivity contribution in [2.75, 3.05) is 0 Å². The molecule has 0 aromatic rings. The lowest BCUT2D eigenvalue weighted by Crippen LogP contribution is -2.50. The van der Waals surface area contributed by atoms with E-state index in [9.17, 15) is 4.79 Å². The lowest BCUT2D eigenvalue weighted by Gasteiger charge is -2.48. The highest BCUT2D eigenvalue weighted by Gasteiger charge is 2.48. The van der Waals surface area contributed by atoms with Crippen LogP contribution in [0.25, 0.3) is 0 Å². The quantitative estimate of drug-likeness (QED) is 0.525. The molecule has 146 valence electrons. The Morgan fingerprint density at radius 2 is 1.96 bits per heavy atom. The molecule has 2 heterocycles. The maximum atomic E-state index is 13.1. The van der Waals surface area contributed by atoms with Crippen LogP contribution in [0.5, 0.6) is 0 Å². The zero-order valence-corrected chi connectivity index (χ0v) is 17.8. The van der Waals surface area contributed by atoms with Crippen LogP contribution in [0.3, 0.4) is 0 Å². The number of allylic oxidation sites excluding steroid dienone is 3. The number of fused-ring (bicyclic) bond motifs is 2. The molecule has 0 amide bonds. The highest BCUT2D eigenvalue weighted by atomic mass is 16.7. The Morgan fingerprint density at radius 3 is 2.54 bits per heavy atom. The molecule has 0 spiro atoms. The monoisotopic (exact) mass is 360 g/mol. The summed E-state index contributed by atoms with van der Waals surface area (Å²) in [4.78, 5) is 13.1. The van der Waals surface area contributed by atoms with Gasteiger partial charge >= 0.3 is 0 Å². The molecule has 5 atom stereocenters. The first-order valence-corrected chi connectivity index (χ1v) is 10.1. The molecule has 2 rings (SSSR count). The number of ketones is 1. The van der Waals surface area contributed by atoms with Gasteiger partial charge in [0, 0.05) is 18.3 Å². The van der Waals surface area contributed by atoms with E-state index in [1.807, 2.05) is 13.8 Å². The number of carbonyl (C=O) groups is 1. The van der Waals surface area contributed by atoms with Crippen LogP contribution in [0.2, 0.25) is 0 Å². The van der Waals surface area contributed by atoms with Crippen LogP contribution in [0.15, 0.2) is 34.6 Å². The van der Waals surface area contributed by atoms with Crippen LogP contribution in [-0.2, 0) is 14.3 Å². The first-order chi connectivity index (χ1) is 12.2. The fraction of sp³-hybridized carbons (Fsp3) is 0.696. The minimum absolute atomic E-state index is 0.00493. The van der Waals surface area contributed by atoms with E-state index in [0.717, 1.165) is 36.2 Å². The molecule has 0 aromatic heterocycles. The maximum absolute atomic E-state index is 13.1. The molecule has 1 unspecified atom stereocenters. The van der Waals surface area contributed by atoms with Crippen LogP contribution in [0.1, 0.15) is 74.7 Å². The van der Waals surface area contributed by atoms with Gasteiger partial charge in [-0.2, -0.15) is 0 Å². The topological polar surface area (TPSA) is 35.5 Å². The third kappa shape index (κ3) is 3.83. The Hall–Kier alpha value is -1.35. The third-order valence-corrected chi connectivity index (χ3v) is 5.95. The third-order valence-electron chi connectivity index (χ3n) is 5.95. The van der Waals surface area contributed by atoms with E-state index >= 15 is 0 Å². The molecule has 0 N–H and O–H groups in total. The number of Topliss-reactive ketones (excluding diaryl/α,β-unsaturated/α-hetero) is 1. The molecule has 0 aromatic carbocycles. The molecule has 2 aliphatic rings. The smallest absolute Gasteiger partial charge is 0.232 e. The summed E-state index contributed by atoms with van der Waals surface area (Å²) >= 11 is 0. The summed E-state index contributed by atoms with van der Waals surface area (Å²) in [5.74, 6) is 0.422. The van der Waals surface area contributed by atoms with E-state index in [0.29, 0.717) is 5.92 Å². The Morgan fingerprint density at radius 1 is 1.31 bits per heavy atom. The molecular weight excluding hydrogens is 324 g/mol. The molecule has 2 aliphatic heterocycles. The predicted molar refractivity (Wildman–Crippen MR) is 107 cm³/mol. The average Bonchev–Trinajstić information content (AvgIpc) is 2.60. The molecule has 2 bridgehead atoms. The van der Waals surface area contributed by atoms with Gasteiger partial charge in [-0.25, -0.2) is 0 Å². The summed E-state index contributed by atoms with van der Waals surface area (Å²) in [5, 5.41) is 0. The van der Waals surface area contributed by atoms with Crippen LogP contribution >= 0.6 is 0 Å². The Balaban J connectivity index is 2.28. The van der Waals surface area contributed by atoms with Gasteiger partial charge in [0.05, 0.1) is 12.0 Å². The van der Waals surface area contributed by atoms with Crippen molar-refractivity contribution in [1.82, 2.24) is 0 Å². The van der Waals surface area contributed by atoms with Gasteiger partial charge < -0.3 is 9.47 Å². The first-order valence-electron chi connectivity index (χ1n) is 10.1. The summed E-state index contributed by atoms with van der Waals surface area (Å²) in [6, 6.07) is 0. The number of ether oxygens (including phenoxy) is 2. The zero-order valence-electron chi connectivity index (χ0n) is 17.8. The Labute approximate surface area is 159 Å². The van der Waals surface area contributed by atoms with Gasteiger partial charge in [0.25, 0.3) is 0 Å². The van der Waals surface area contributed by atoms with Crippen molar-refractivity contribution >= 4 is 5.78 Å². The zero-order chi connectivity index (χ0) is 19.6. The molecule has 3 heteroatoms. The Bertz CT molecular complexity index is 640. The number of hydrogen-bond acceptors (Lipinski definition) is 3. The van der Waals surface area contributed by atoms with Crippen LogP contribution in [-0.4, -0.2) is 17.7 Å². The minimum atomic E-state index is -0.707. The molecular formula is C23H36O3. The SMILES string of the molecule is CC/C=C(\C)C[C@@H](C)C(=O)C(C)C1=C(C)[C@H]2O[C@@](CC)(O1)C(C)=C[C@@H]2C. The number of rotatable bonds is 7. The second kappa shape index (κ2) is 8.12. The van der Waals surface area contributed by atoms with Crippen molar-refractivity contribution in [3.05, 3.63) is 34.6 Å². The summed E-state index contributed by atoms with van der Waals surface area (Å²) < 4.78 is 12.8. The second-order valence-electron chi connectivity index (χ2n) is 8.19. The summed E-state index contributed by atoms with van der Waals surface area (Å²) in [7, 11) is 0. The lowest BCUT2D eigenvalue weighted by molar-refractivity contribution is -0.244. The fourth-order valence-corrected chi connectivity index (χ4v) is 4.44. The van der Waals surface area contributed by atoms with Crippen molar-refractivity contribution in [3.8, 4) is 0 Å². The number of carbonyl (C=O) groups excluding carboxylic acids is 1. The van der Waals surface area contributed by atoms with Crippen molar-refractivity contribution in [2.45, 2.75) is 86.5 Å². The molecule has 26 heavy (non-hydrogen) atoms. The highest BCUT2D eigenvalue weighted by Crippen LogP contribution is 2.46. The molecule has 0 saturated carbocycles. The summed E-state index contributed by atoms with van der Waals surface area (Å²) in [6.45, 7) is 16.6. The van der Waals surface area contributed by atoms with Gasteiger partial charge in [0.1, 0.15) is 11.5 Å². The standard InChI is InChI=1S/C23H36O3/c1-9-11-14(3)12-15(4)20(24)18(7)22-19(8)21-16(5)13-17(6)23(10-2,25-21)26-22/h11,13,15-16,18,21H,9-10,12H2,1-8H3/b14-11+/t15-,16+,18?,21+,23+/m1/s1. The van der Waals surface area contributed by atoms with E-state index in [1.165, 1.54) is 5.57 Å². The van der Waals surface area contributed by atoms with E-state index in [2.05, 4.69) is 53.7 Å². The van der Waals surface area contributed by atoms with Crippen molar-refractivity contribution in [1.29, 1.82) is 0 Å². The highest BCUT2D eigenvalue weighted by molar-refractivity contribution is 5.85. The molecule has 0 fully saturated rings. The molecule has 3 nitrogen and oxygen atoms in total. The average molecular weight is 361 g/mol. The van der Waals surface area contributed by atoms with Crippen LogP contribution in [0, 0.1) is 17.8 Å².